The molecule has 2 bridgehead atoms. The first kappa shape index (κ1) is 23.6. The molecule has 6 rings (SSSR count). The van der Waals surface area contributed by atoms with Crippen molar-refractivity contribution in [2.75, 3.05) is 11.5 Å². The largest absolute Gasteiger partial charge is 0.454 e. The third-order valence-electron chi connectivity index (χ3n) is 8.11. The van der Waals surface area contributed by atoms with E-state index in [0.29, 0.717) is 22.2 Å². The van der Waals surface area contributed by atoms with Crippen LogP contribution in [0.15, 0.2) is 78.9 Å². The average Bonchev–Trinajstić information content (AvgIpc) is 3.59. The molecule has 7 heteroatoms. The number of nitrogens with zero attached hydrogens (tertiary/aromatic N) is 1. The summed E-state index contributed by atoms with van der Waals surface area (Å²) in [5.41, 5.74) is 2.32. The molecule has 3 fully saturated rings. The molecule has 37 heavy (non-hydrogen) atoms. The van der Waals surface area contributed by atoms with E-state index in [1.165, 1.54) is 22.6 Å². The Morgan fingerprint density at radius 1 is 0.811 bits per heavy atom. The molecule has 0 radical (unpaired) electrons. The van der Waals surface area contributed by atoms with Crippen molar-refractivity contribution in [3.63, 3.8) is 0 Å². The van der Waals surface area contributed by atoms with E-state index in [1.807, 2.05) is 18.2 Å². The summed E-state index contributed by atoms with van der Waals surface area (Å²) in [5.74, 6) is -1.15. The maximum Gasteiger partial charge on any atom is 0.338 e. The maximum absolute atomic E-state index is 13.5. The number of fused-ring (bicyclic) bond motifs is 5. The number of halogens is 1. The van der Waals surface area contributed by atoms with Crippen molar-refractivity contribution in [3.05, 3.63) is 101 Å². The van der Waals surface area contributed by atoms with E-state index < -0.39 is 12.6 Å². The lowest BCUT2D eigenvalue weighted by molar-refractivity contribution is -0.123. The molecule has 6 nitrogen and oxygen atoms in total. The van der Waals surface area contributed by atoms with Crippen LogP contribution >= 0.6 is 11.6 Å². The highest BCUT2D eigenvalue weighted by Gasteiger charge is 2.64. The lowest BCUT2D eigenvalue weighted by Gasteiger charge is -2.28. The third-order valence-corrected chi connectivity index (χ3v) is 8.36. The van der Waals surface area contributed by atoms with Crippen LogP contribution in [0.25, 0.3) is 0 Å². The van der Waals surface area contributed by atoms with Crippen LogP contribution in [0.1, 0.15) is 45.0 Å². The van der Waals surface area contributed by atoms with Crippen LogP contribution in [-0.2, 0) is 14.3 Å². The number of amides is 2. The SMILES string of the molecule is O=C(COC(=O)c1ccc(N2C(=O)[C@@H]3[C@@H]4C[C@@H]([C@H]3C2=O)[C@@H](c2ccccc2)C4)cc1)c1ccc(Cl)cc1. The van der Waals surface area contributed by atoms with Crippen molar-refractivity contribution < 1.29 is 23.9 Å². The fourth-order valence-corrected chi connectivity index (χ4v) is 6.60. The number of ether oxygens (including phenoxy) is 1. The highest BCUT2D eigenvalue weighted by atomic mass is 35.5. The summed E-state index contributed by atoms with van der Waals surface area (Å²) in [6.07, 6.45) is 1.85. The number of anilines is 1. The second kappa shape index (κ2) is 9.27. The van der Waals surface area contributed by atoms with Gasteiger partial charge in [0, 0.05) is 10.6 Å². The van der Waals surface area contributed by atoms with Crippen molar-refractivity contribution in [2.45, 2.75) is 18.8 Å². The number of carbonyl (C=O) groups excluding carboxylic acids is 4. The van der Waals surface area contributed by atoms with E-state index in [4.69, 9.17) is 16.3 Å². The quantitative estimate of drug-likeness (QED) is 0.253. The zero-order valence-corrected chi connectivity index (χ0v) is 20.6. The number of hydrogen-bond acceptors (Lipinski definition) is 5. The molecule has 2 amide bonds. The van der Waals surface area contributed by atoms with Crippen LogP contribution in [0.5, 0.6) is 0 Å². The van der Waals surface area contributed by atoms with Crippen molar-refractivity contribution in [3.8, 4) is 0 Å². The Hall–Kier alpha value is -3.77. The molecule has 1 heterocycles. The zero-order valence-electron chi connectivity index (χ0n) is 19.9. The topological polar surface area (TPSA) is 80.8 Å². The molecule has 186 valence electrons. The van der Waals surface area contributed by atoms with Gasteiger partial charge >= 0.3 is 5.97 Å². The summed E-state index contributed by atoms with van der Waals surface area (Å²) in [5, 5.41) is 0.510. The van der Waals surface area contributed by atoms with Crippen LogP contribution in [0.4, 0.5) is 5.69 Å². The number of esters is 1. The Bertz CT molecular complexity index is 1390. The van der Waals surface area contributed by atoms with E-state index in [-0.39, 0.29) is 46.8 Å². The van der Waals surface area contributed by atoms with Gasteiger partial charge in [-0.25, -0.2) is 4.79 Å². The maximum atomic E-state index is 13.5. The van der Waals surface area contributed by atoms with Crippen molar-refractivity contribution in [1.29, 1.82) is 0 Å². The van der Waals surface area contributed by atoms with Gasteiger partial charge in [0.25, 0.3) is 0 Å². The van der Waals surface area contributed by atoms with Gasteiger partial charge in [-0.1, -0.05) is 41.9 Å². The number of benzene rings is 3. The number of imide groups is 1. The smallest absolute Gasteiger partial charge is 0.338 e. The van der Waals surface area contributed by atoms with Gasteiger partial charge in [0.1, 0.15) is 0 Å². The van der Waals surface area contributed by atoms with Gasteiger partial charge in [0.2, 0.25) is 11.8 Å². The van der Waals surface area contributed by atoms with Gasteiger partial charge in [0.15, 0.2) is 12.4 Å². The average molecular weight is 514 g/mol. The highest BCUT2D eigenvalue weighted by Crippen LogP contribution is 2.61. The van der Waals surface area contributed by atoms with E-state index >= 15 is 0 Å². The van der Waals surface area contributed by atoms with Gasteiger partial charge in [-0.15, -0.1) is 0 Å². The lowest BCUT2D eigenvalue weighted by atomic mass is 9.73. The second-order valence-corrected chi connectivity index (χ2v) is 10.5. The van der Waals surface area contributed by atoms with Crippen LogP contribution in [-0.4, -0.2) is 30.2 Å². The summed E-state index contributed by atoms with van der Waals surface area (Å²) in [6.45, 7) is -0.403. The third kappa shape index (κ3) is 4.05. The van der Waals surface area contributed by atoms with Crippen molar-refractivity contribution in [2.24, 2.45) is 23.7 Å². The molecule has 5 atom stereocenters. The molecule has 1 saturated heterocycles. The number of ketones is 1. The number of rotatable bonds is 6. The lowest BCUT2D eigenvalue weighted by Crippen LogP contribution is -2.33. The summed E-state index contributed by atoms with van der Waals surface area (Å²) in [4.78, 5) is 52.9. The summed E-state index contributed by atoms with van der Waals surface area (Å²) in [7, 11) is 0. The Morgan fingerprint density at radius 2 is 1.46 bits per heavy atom. The van der Waals surface area contributed by atoms with Crippen LogP contribution in [0.3, 0.4) is 0 Å². The predicted octanol–water partition coefficient (Wildman–Crippen LogP) is 5.31. The Kier molecular flexibility index (Phi) is 5.92. The van der Waals surface area contributed by atoms with E-state index in [2.05, 4.69) is 12.1 Å². The monoisotopic (exact) mass is 513 g/mol. The van der Waals surface area contributed by atoms with E-state index in [0.717, 1.165) is 12.8 Å². The molecule has 0 aromatic heterocycles. The van der Waals surface area contributed by atoms with E-state index in [9.17, 15) is 19.2 Å². The van der Waals surface area contributed by atoms with E-state index in [1.54, 1.807) is 36.4 Å². The molecule has 1 aliphatic heterocycles. The van der Waals surface area contributed by atoms with Crippen molar-refractivity contribution >= 4 is 40.9 Å². The molecule has 2 aliphatic carbocycles. The standard InChI is InChI=1S/C30H24ClNO5/c31-21-10-6-18(7-11-21)25(33)16-37-30(36)19-8-12-22(13-9-19)32-28(34)26-20-14-23(17-4-2-1-3-5-17)24(15-20)27(26)29(32)35/h1-13,20,23-24,26-27H,14-16H2/t20-,23+,24+,26+,27+/m0/s1. The molecule has 3 aromatic rings. The molecule has 2 saturated carbocycles. The summed E-state index contributed by atoms with van der Waals surface area (Å²) < 4.78 is 5.16. The summed E-state index contributed by atoms with van der Waals surface area (Å²) >= 11 is 5.84. The molecule has 3 aliphatic rings. The van der Waals surface area contributed by atoms with Gasteiger partial charge in [-0.2, -0.15) is 0 Å². The van der Waals surface area contributed by atoms with Crippen LogP contribution < -0.4 is 4.90 Å². The minimum Gasteiger partial charge on any atom is -0.454 e. The van der Waals surface area contributed by atoms with Gasteiger partial charge < -0.3 is 4.74 Å². The minimum absolute atomic E-state index is 0.141. The molecule has 0 N–H and O–H groups in total. The Labute approximate surface area is 219 Å². The van der Waals surface area contributed by atoms with Gasteiger partial charge in [-0.3, -0.25) is 19.3 Å². The molecule has 0 spiro atoms. The zero-order chi connectivity index (χ0) is 25.7. The first-order chi connectivity index (χ1) is 17.9. The Morgan fingerprint density at radius 3 is 2.16 bits per heavy atom. The molecular weight excluding hydrogens is 490 g/mol. The Balaban J connectivity index is 1.13. The van der Waals surface area contributed by atoms with Crippen molar-refractivity contribution in [1.82, 2.24) is 0 Å². The summed E-state index contributed by atoms with van der Waals surface area (Å²) in [6, 6.07) is 22.8. The predicted molar refractivity (Wildman–Crippen MR) is 137 cm³/mol. The second-order valence-electron chi connectivity index (χ2n) is 10.0. The first-order valence-corrected chi connectivity index (χ1v) is 12.8. The number of hydrogen-bond donors (Lipinski definition) is 0. The number of carbonyl (C=O) groups is 4. The highest BCUT2D eigenvalue weighted by molar-refractivity contribution is 6.30. The number of Topliss-reactive ketones (excluding diaryl/α,β-unsaturated/α-hetero) is 1. The van der Waals surface area contributed by atoms with Crippen LogP contribution in [0, 0.1) is 23.7 Å². The molecular formula is C30H24ClNO5. The molecule has 0 unspecified atom stereocenters. The first-order valence-electron chi connectivity index (χ1n) is 12.4. The van der Waals surface area contributed by atoms with Crippen LogP contribution in [0.2, 0.25) is 5.02 Å². The van der Waals surface area contributed by atoms with Gasteiger partial charge in [0.05, 0.1) is 23.1 Å². The van der Waals surface area contributed by atoms with Gasteiger partial charge in [-0.05, 0) is 84.7 Å². The normalized spacial score (nSPS) is 25.9. The fraction of sp³-hybridized carbons (Fsp3) is 0.267. The minimum atomic E-state index is -0.659. The fourth-order valence-electron chi connectivity index (χ4n) is 6.48. The molecule has 3 aromatic carbocycles.